The number of aliphatic hydroxyl groups is 1. The summed E-state index contributed by atoms with van der Waals surface area (Å²) >= 11 is 0. The molecule has 1 rings (SSSR count). The minimum absolute atomic E-state index is 0.0220. The Bertz CT molecular complexity index is 458. The van der Waals surface area contributed by atoms with Gasteiger partial charge in [0.25, 0.3) is 5.69 Å². The van der Waals surface area contributed by atoms with E-state index in [1.165, 1.54) is 6.20 Å². The number of aryl methyl sites for hydroxylation is 1. The second-order valence-corrected chi connectivity index (χ2v) is 5.68. The monoisotopic (exact) mass is 267 g/mol. The number of hydrogen-bond donors (Lipinski definition) is 2. The first kappa shape index (κ1) is 15.4. The van der Waals surface area contributed by atoms with Crippen LogP contribution in [0.4, 0.5) is 11.5 Å². The lowest BCUT2D eigenvalue weighted by Gasteiger charge is -2.26. The van der Waals surface area contributed by atoms with Gasteiger partial charge in [-0.1, -0.05) is 13.8 Å². The third kappa shape index (κ3) is 4.82. The number of aliphatic hydroxyl groups excluding tert-OH is 1. The molecule has 1 unspecified atom stereocenters. The Kier molecular flexibility index (Phi) is 4.83. The molecule has 0 bridgehead atoms. The molecular formula is C13H21N3O3. The highest BCUT2D eigenvalue weighted by molar-refractivity contribution is 5.46. The van der Waals surface area contributed by atoms with Crippen molar-refractivity contribution in [2.75, 3.05) is 11.9 Å². The molecule has 6 heteroatoms. The fourth-order valence-electron chi connectivity index (χ4n) is 2.04. The predicted molar refractivity (Wildman–Crippen MR) is 74.2 cm³/mol. The van der Waals surface area contributed by atoms with Crippen LogP contribution >= 0.6 is 0 Å². The number of aromatic nitrogens is 1. The second-order valence-electron chi connectivity index (χ2n) is 5.68. The minimum Gasteiger partial charge on any atom is -0.393 e. The van der Waals surface area contributed by atoms with Gasteiger partial charge in [-0.2, -0.15) is 0 Å². The van der Waals surface area contributed by atoms with Crippen LogP contribution in [0.25, 0.3) is 0 Å². The van der Waals surface area contributed by atoms with E-state index < -0.39 is 4.92 Å². The van der Waals surface area contributed by atoms with Gasteiger partial charge in [0.2, 0.25) is 0 Å². The Morgan fingerprint density at radius 2 is 2.21 bits per heavy atom. The van der Waals surface area contributed by atoms with Gasteiger partial charge < -0.3 is 10.4 Å². The summed E-state index contributed by atoms with van der Waals surface area (Å²) in [5.74, 6) is 0.613. The molecule has 106 valence electrons. The molecule has 1 heterocycles. The number of nitrogens with zero attached hydrogens (tertiary/aromatic N) is 2. The zero-order chi connectivity index (χ0) is 14.6. The van der Waals surface area contributed by atoms with Crippen LogP contribution in [0.5, 0.6) is 0 Å². The third-order valence-corrected chi connectivity index (χ3v) is 2.88. The molecule has 0 aliphatic rings. The van der Waals surface area contributed by atoms with Crippen LogP contribution in [0.15, 0.2) is 12.3 Å². The van der Waals surface area contributed by atoms with E-state index in [0.29, 0.717) is 24.3 Å². The first-order chi connectivity index (χ1) is 8.71. The van der Waals surface area contributed by atoms with Crippen LogP contribution in [0.3, 0.4) is 0 Å². The number of hydrogen-bond acceptors (Lipinski definition) is 5. The molecule has 0 amide bonds. The minimum atomic E-state index is -0.441. The molecule has 0 spiro atoms. The quantitative estimate of drug-likeness (QED) is 0.610. The summed E-state index contributed by atoms with van der Waals surface area (Å²) in [5, 5.41) is 23.2. The Hall–Kier alpha value is -1.69. The van der Waals surface area contributed by atoms with Crippen LogP contribution in [0.1, 0.15) is 32.8 Å². The molecule has 2 N–H and O–H groups in total. The molecule has 0 aliphatic heterocycles. The first-order valence-electron chi connectivity index (χ1n) is 6.24. The fraction of sp³-hybridized carbons (Fsp3) is 0.615. The number of nitrogens with one attached hydrogen (secondary N) is 1. The molecule has 0 fully saturated rings. The average molecular weight is 267 g/mol. The van der Waals surface area contributed by atoms with Crippen LogP contribution in [0, 0.1) is 22.5 Å². The summed E-state index contributed by atoms with van der Waals surface area (Å²) in [6, 6.07) is 1.66. The van der Waals surface area contributed by atoms with Gasteiger partial charge in [-0.05, 0) is 31.7 Å². The Labute approximate surface area is 113 Å². The molecular weight excluding hydrogens is 246 g/mol. The maximum absolute atomic E-state index is 10.7. The lowest BCUT2D eigenvalue weighted by atomic mass is 9.87. The van der Waals surface area contributed by atoms with E-state index in [2.05, 4.69) is 10.3 Å². The normalized spacial score (nSPS) is 13.1. The van der Waals surface area contributed by atoms with Crippen molar-refractivity contribution in [3.8, 4) is 0 Å². The van der Waals surface area contributed by atoms with Crippen molar-refractivity contribution < 1.29 is 10.0 Å². The Balaban J connectivity index is 2.69. The highest BCUT2D eigenvalue weighted by Crippen LogP contribution is 2.24. The molecule has 1 aromatic rings. The van der Waals surface area contributed by atoms with Crippen molar-refractivity contribution in [1.82, 2.24) is 4.98 Å². The van der Waals surface area contributed by atoms with Crippen LogP contribution in [0.2, 0.25) is 0 Å². The van der Waals surface area contributed by atoms with Gasteiger partial charge in [0.05, 0.1) is 11.0 Å². The van der Waals surface area contributed by atoms with E-state index in [4.69, 9.17) is 0 Å². The van der Waals surface area contributed by atoms with Crippen molar-refractivity contribution in [2.45, 2.75) is 40.2 Å². The summed E-state index contributed by atoms with van der Waals surface area (Å²) < 4.78 is 0. The standard InChI is InChI=1S/C13H21N3O3/c1-9-5-12(14-7-11(9)16(18)19)15-8-13(3,4)6-10(2)17/h5,7,10,17H,6,8H2,1-4H3,(H,14,15). The molecule has 0 radical (unpaired) electrons. The van der Waals surface area contributed by atoms with E-state index >= 15 is 0 Å². The molecule has 0 aromatic carbocycles. The maximum Gasteiger partial charge on any atom is 0.290 e. The van der Waals surface area contributed by atoms with Crippen LogP contribution in [-0.2, 0) is 0 Å². The molecule has 19 heavy (non-hydrogen) atoms. The van der Waals surface area contributed by atoms with Gasteiger partial charge in [0.1, 0.15) is 12.0 Å². The zero-order valence-corrected chi connectivity index (χ0v) is 11.8. The first-order valence-corrected chi connectivity index (χ1v) is 6.24. The topological polar surface area (TPSA) is 88.3 Å². The molecule has 0 aliphatic carbocycles. The van der Waals surface area contributed by atoms with Crippen molar-refractivity contribution in [1.29, 1.82) is 0 Å². The number of anilines is 1. The van der Waals surface area contributed by atoms with E-state index in [1.54, 1.807) is 19.9 Å². The predicted octanol–water partition coefficient (Wildman–Crippen LogP) is 2.51. The van der Waals surface area contributed by atoms with E-state index in [-0.39, 0.29) is 17.2 Å². The average Bonchev–Trinajstić information content (AvgIpc) is 2.24. The number of rotatable bonds is 6. The summed E-state index contributed by atoms with van der Waals surface area (Å²) in [5.41, 5.74) is 0.524. The summed E-state index contributed by atoms with van der Waals surface area (Å²) in [4.78, 5) is 14.3. The van der Waals surface area contributed by atoms with E-state index in [9.17, 15) is 15.2 Å². The SMILES string of the molecule is Cc1cc(NCC(C)(C)CC(C)O)ncc1[N+](=O)[O-]. The fourth-order valence-corrected chi connectivity index (χ4v) is 2.04. The van der Waals surface area contributed by atoms with Gasteiger partial charge in [-0.3, -0.25) is 10.1 Å². The highest BCUT2D eigenvalue weighted by Gasteiger charge is 2.20. The van der Waals surface area contributed by atoms with Crippen LogP contribution in [-0.4, -0.2) is 27.7 Å². The maximum atomic E-state index is 10.7. The van der Waals surface area contributed by atoms with E-state index in [1.807, 2.05) is 13.8 Å². The lowest BCUT2D eigenvalue weighted by Crippen LogP contribution is -2.27. The van der Waals surface area contributed by atoms with Crippen LogP contribution < -0.4 is 5.32 Å². The molecule has 6 nitrogen and oxygen atoms in total. The third-order valence-electron chi connectivity index (χ3n) is 2.88. The van der Waals surface area contributed by atoms with Crippen molar-refractivity contribution >= 4 is 11.5 Å². The lowest BCUT2D eigenvalue weighted by molar-refractivity contribution is -0.385. The van der Waals surface area contributed by atoms with Gasteiger partial charge >= 0.3 is 0 Å². The second kappa shape index (κ2) is 5.97. The largest absolute Gasteiger partial charge is 0.393 e. The summed E-state index contributed by atoms with van der Waals surface area (Å²) in [6.45, 7) is 8.18. The number of nitro groups is 1. The van der Waals surface area contributed by atoms with E-state index in [0.717, 1.165) is 0 Å². The van der Waals surface area contributed by atoms with Gasteiger partial charge in [0.15, 0.2) is 0 Å². The van der Waals surface area contributed by atoms with Crippen molar-refractivity contribution in [3.05, 3.63) is 27.9 Å². The Morgan fingerprint density at radius 3 is 2.68 bits per heavy atom. The zero-order valence-electron chi connectivity index (χ0n) is 11.8. The Morgan fingerprint density at radius 1 is 1.58 bits per heavy atom. The molecule has 0 saturated heterocycles. The van der Waals surface area contributed by atoms with Gasteiger partial charge in [0, 0.05) is 12.1 Å². The highest BCUT2D eigenvalue weighted by atomic mass is 16.6. The smallest absolute Gasteiger partial charge is 0.290 e. The summed E-state index contributed by atoms with van der Waals surface area (Å²) in [7, 11) is 0. The van der Waals surface area contributed by atoms with Gasteiger partial charge in [-0.15, -0.1) is 0 Å². The molecule has 1 aromatic heterocycles. The van der Waals surface area contributed by atoms with Crippen molar-refractivity contribution in [3.63, 3.8) is 0 Å². The molecule has 1 atom stereocenters. The van der Waals surface area contributed by atoms with Crippen molar-refractivity contribution in [2.24, 2.45) is 5.41 Å². The number of pyridine rings is 1. The van der Waals surface area contributed by atoms with Gasteiger partial charge in [-0.25, -0.2) is 4.98 Å². The summed E-state index contributed by atoms with van der Waals surface area (Å²) in [6.07, 6.45) is 1.58. The molecule has 0 saturated carbocycles.